The second kappa shape index (κ2) is 9.44. The monoisotopic (exact) mass is 224 g/mol. The van der Waals surface area contributed by atoms with Gasteiger partial charge in [-0.1, -0.05) is 51.0 Å². The lowest BCUT2D eigenvalue weighted by Gasteiger charge is -2.02. The van der Waals surface area contributed by atoms with Crippen molar-refractivity contribution in [1.29, 1.82) is 0 Å². The van der Waals surface area contributed by atoms with E-state index in [1.165, 1.54) is 51.4 Å². The Morgan fingerprint density at radius 3 is 2.06 bits per heavy atom. The van der Waals surface area contributed by atoms with Crippen molar-refractivity contribution in [3.8, 4) is 0 Å². The first-order chi connectivity index (χ1) is 7.89. The van der Waals surface area contributed by atoms with Gasteiger partial charge in [-0.05, 0) is 19.3 Å². The molecule has 0 saturated heterocycles. The fraction of sp³-hybridized carbons (Fsp3) is 0.786. The summed E-state index contributed by atoms with van der Waals surface area (Å²) in [4.78, 5) is 11.2. The lowest BCUT2D eigenvalue weighted by atomic mass is 10.1. The maximum atomic E-state index is 11.2. The van der Waals surface area contributed by atoms with Gasteiger partial charge < -0.3 is 4.74 Å². The van der Waals surface area contributed by atoms with Gasteiger partial charge in [0, 0.05) is 6.08 Å². The van der Waals surface area contributed by atoms with Gasteiger partial charge in [-0.25, -0.2) is 4.79 Å². The summed E-state index contributed by atoms with van der Waals surface area (Å²) in [6.07, 6.45) is 15.9. The van der Waals surface area contributed by atoms with E-state index in [2.05, 4.69) is 0 Å². The first-order valence-electron chi connectivity index (χ1n) is 6.73. The highest BCUT2D eigenvalue weighted by molar-refractivity contribution is 5.81. The van der Waals surface area contributed by atoms with Crippen LogP contribution in [0.25, 0.3) is 0 Å². The molecule has 0 aromatic rings. The van der Waals surface area contributed by atoms with Crippen molar-refractivity contribution < 1.29 is 9.53 Å². The normalized spacial score (nSPS) is 21.9. The van der Waals surface area contributed by atoms with Gasteiger partial charge in [-0.15, -0.1) is 0 Å². The molecule has 0 aromatic heterocycles. The summed E-state index contributed by atoms with van der Waals surface area (Å²) in [7, 11) is 0. The zero-order valence-electron chi connectivity index (χ0n) is 10.2. The topological polar surface area (TPSA) is 26.3 Å². The van der Waals surface area contributed by atoms with E-state index in [1.54, 1.807) is 6.08 Å². The Balaban J connectivity index is 2.21. The van der Waals surface area contributed by atoms with Gasteiger partial charge in [-0.3, -0.25) is 0 Å². The molecule has 0 unspecified atom stereocenters. The molecule has 0 fully saturated rings. The number of hydrogen-bond acceptors (Lipinski definition) is 2. The molecule has 2 heteroatoms. The van der Waals surface area contributed by atoms with Crippen molar-refractivity contribution in [3.63, 3.8) is 0 Å². The molecule has 0 bridgehead atoms. The lowest BCUT2D eigenvalue weighted by molar-refractivity contribution is -0.137. The molecule has 0 atom stereocenters. The smallest absolute Gasteiger partial charge is 0.330 e. The minimum atomic E-state index is -0.171. The molecule has 16 heavy (non-hydrogen) atoms. The van der Waals surface area contributed by atoms with Crippen LogP contribution in [0.3, 0.4) is 0 Å². The standard InChI is InChI=1S/C14H24O2/c15-14-12-10-8-6-4-2-1-3-5-7-9-11-13-16-14/h10,12H,1-9,11,13H2. The molecule has 0 saturated carbocycles. The predicted octanol–water partition coefficient (Wildman–Crippen LogP) is 4.00. The molecule has 1 heterocycles. The third kappa shape index (κ3) is 7.49. The molecule has 1 rings (SSSR count). The quantitative estimate of drug-likeness (QED) is 0.581. The van der Waals surface area contributed by atoms with Gasteiger partial charge in [0.15, 0.2) is 0 Å². The zero-order chi connectivity index (χ0) is 11.5. The SMILES string of the molecule is O=C1C=CCCCCCCCCCCCO1. The van der Waals surface area contributed by atoms with Crippen LogP contribution < -0.4 is 0 Å². The average molecular weight is 224 g/mol. The van der Waals surface area contributed by atoms with Gasteiger partial charge in [0.05, 0.1) is 6.61 Å². The Kier molecular flexibility index (Phi) is 7.83. The maximum absolute atomic E-state index is 11.2. The number of carbonyl (C=O) groups is 1. The summed E-state index contributed by atoms with van der Waals surface area (Å²) >= 11 is 0. The lowest BCUT2D eigenvalue weighted by Crippen LogP contribution is -2.02. The molecule has 0 spiro atoms. The highest BCUT2D eigenvalue weighted by Crippen LogP contribution is 2.11. The van der Waals surface area contributed by atoms with Crippen LogP contribution >= 0.6 is 0 Å². The van der Waals surface area contributed by atoms with Crippen molar-refractivity contribution in [3.05, 3.63) is 12.2 Å². The number of ether oxygens (including phenoxy) is 1. The Morgan fingerprint density at radius 1 is 0.812 bits per heavy atom. The molecule has 1 aliphatic heterocycles. The van der Waals surface area contributed by atoms with Crippen LogP contribution in [-0.4, -0.2) is 12.6 Å². The van der Waals surface area contributed by atoms with Crippen LogP contribution in [0.1, 0.15) is 64.2 Å². The van der Waals surface area contributed by atoms with Crippen LogP contribution in [0.5, 0.6) is 0 Å². The van der Waals surface area contributed by atoms with E-state index in [0.29, 0.717) is 6.61 Å². The molecule has 0 aromatic carbocycles. The maximum Gasteiger partial charge on any atom is 0.330 e. The number of carbonyl (C=O) groups excluding carboxylic acids is 1. The second-order valence-electron chi connectivity index (χ2n) is 4.54. The van der Waals surface area contributed by atoms with Crippen LogP contribution in [0, 0.1) is 0 Å². The summed E-state index contributed by atoms with van der Waals surface area (Å²) in [5, 5.41) is 0. The first kappa shape index (κ1) is 13.3. The summed E-state index contributed by atoms with van der Waals surface area (Å²) in [5.41, 5.74) is 0. The van der Waals surface area contributed by atoms with Crippen molar-refractivity contribution >= 4 is 5.97 Å². The highest BCUT2D eigenvalue weighted by Gasteiger charge is 1.98. The summed E-state index contributed by atoms with van der Waals surface area (Å²) < 4.78 is 5.09. The molecule has 0 amide bonds. The number of hydrogen-bond donors (Lipinski definition) is 0. The minimum absolute atomic E-state index is 0.171. The van der Waals surface area contributed by atoms with E-state index in [1.807, 2.05) is 6.08 Å². The van der Waals surface area contributed by atoms with Crippen molar-refractivity contribution in [2.24, 2.45) is 0 Å². The number of allylic oxidation sites excluding steroid dienone is 1. The van der Waals surface area contributed by atoms with E-state index in [0.717, 1.165) is 12.8 Å². The molecule has 2 nitrogen and oxygen atoms in total. The fourth-order valence-corrected chi connectivity index (χ4v) is 2.00. The van der Waals surface area contributed by atoms with Crippen LogP contribution in [0.15, 0.2) is 12.2 Å². The highest BCUT2D eigenvalue weighted by atomic mass is 16.5. The largest absolute Gasteiger partial charge is 0.463 e. The third-order valence-corrected chi connectivity index (χ3v) is 3.01. The molecule has 92 valence electrons. The average Bonchev–Trinajstić information content (AvgIpc) is 2.29. The summed E-state index contributed by atoms with van der Waals surface area (Å²) in [6.45, 7) is 0.586. The van der Waals surface area contributed by atoms with Crippen LogP contribution in [0.4, 0.5) is 0 Å². The predicted molar refractivity (Wildman–Crippen MR) is 66.3 cm³/mol. The van der Waals surface area contributed by atoms with Gasteiger partial charge in [0.25, 0.3) is 0 Å². The summed E-state index contributed by atoms with van der Waals surface area (Å²) in [5.74, 6) is -0.171. The van der Waals surface area contributed by atoms with E-state index in [-0.39, 0.29) is 5.97 Å². The van der Waals surface area contributed by atoms with E-state index in [4.69, 9.17) is 4.74 Å². The fourth-order valence-electron chi connectivity index (χ4n) is 2.00. The Labute approximate surface area is 99.1 Å². The molecule has 0 aliphatic carbocycles. The Morgan fingerprint density at radius 2 is 1.38 bits per heavy atom. The molecule has 1 aliphatic rings. The van der Waals surface area contributed by atoms with Crippen molar-refractivity contribution in [2.75, 3.05) is 6.61 Å². The van der Waals surface area contributed by atoms with Gasteiger partial charge in [-0.2, -0.15) is 0 Å². The molecule has 0 N–H and O–H groups in total. The van der Waals surface area contributed by atoms with Crippen molar-refractivity contribution in [1.82, 2.24) is 0 Å². The van der Waals surface area contributed by atoms with Crippen LogP contribution in [-0.2, 0) is 9.53 Å². The van der Waals surface area contributed by atoms with Gasteiger partial charge >= 0.3 is 5.97 Å². The summed E-state index contributed by atoms with van der Waals surface area (Å²) in [6, 6.07) is 0. The Bertz CT molecular complexity index is 209. The molecular formula is C14H24O2. The minimum Gasteiger partial charge on any atom is -0.463 e. The van der Waals surface area contributed by atoms with E-state index < -0.39 is 0 Å². The van der Waals surface area contributed by atoms with Crippen molar-refractivity contribution in [2.45, 2.75) is 64.2 Å². The third-order valence-electron chi connectivity index (χ3n) is 3.01. The molecular weight excluding hydrogens is 200 g/mol. The number of cyclic esters (lactones) is 1. The van der Waals surface area contributed by atoms with E-state index in [9.17, 15) is 4.79 Å². The van der Waals surface area contributed by atoms with E-state index >= 15 is 0 Å². The first-order valence-corrected chi connectivity index (χ1v) is 6.73. The Hall–Kier alpha value is -0.790. The molecule has 0 radical (unpaired) electrons. The number of rotatable bonds is 0. The van der Waals surface area contributed by atoms with Gasteiger partial charge in [0.1, 0.15) is 0 Å². The zero-order valence-corrected chi connectivity index (χ0v) is 10.2. The van der Waals surface area contributed by atoms with Gasteiger partial charge in [0.2, 0.25) is 0 Å². The van der Waals surface area contributed by atoms with Crippen LogP contribution in [0.2, 0.25) is 0 Å². The number of esters is 1. The second-order valence-corrected chi connectivity index (χ2v) is 4.54.